The van der Waals surface area contributed by atoms with Crippen molar-refractivity contribution >= 4 is 97.4 Å². The van der Waals surface area contributed by atoms with Gasteiger partial charge in [-0.3, -0.25) is 39.0 Å². The van der Waals surface area contributed by atoms with Gasteiger partial charge in [-0.2, -0.15) is 0 Å². The third kappa shape index (κ3) is 16.6. The van der Waals surface area contributed by atoms with E-state index in [1.54, 1.807) is 59.0 Å². The number of nitrogens with zero attached hydrogens (tertiary/aromatic N) is 3. The summed E-state index contributed by atoms with van der Waals surface area (Å²) in [5.41, 5.74) is -0.381. The van der Waals surface area contributed by atoms with E-state index in [9.17, 15) is 43.5 Å². The molecule has 2 fully saturated rings. The van der Waals surface area contributed by atoms with Crippen LogP contribution >= 0.6 is 45.0 Å². The van der Waals surface area contributed by atoms with Crippen molar-refractivity contribution in [3.63, 3.8) is 0 Å². The number of allylic oxidation sites excluding steroid dienone is 3. The minimum atomic E-state index is -1.82. The molecule has 3 heterocycles. The minimum absolute atomic E-state index is 0.0247. The predicted molar refractivity (Wildman–Crippen MR) is 276 cm³/mol. The molecule has 0 spiro atoms. The number of anilines is 1. The number of imide groups is 1. The summed E-state index contributed by atoms with van der Waals surface area (Å²) < 4.78 is 23.0. The Hall–Kier alpha value is -4.28. The number of alkyl carbamates (subject to hydrolysis) is 1. The topological polar surface area (TPSA) is 227 Å². The highest BCUT2D eigenvalue weighted by Crippen LogP contribution is 2.38. The Bertz CT molecular complexity index is 2210. The number of amides is 6. The molecule has 0 radical (unpaired) electrons. The van der Waals surface area contributed by atoms with Crippen molar-refractivity contribution in [2.24, 2.45) is 17.3 Å². The fourth-order valence-corrected chi connectivity index (χ4v) is 11.3. The maximum atomic E-state index is 14.2. The molecule has 6 amide bonds. The molecule has 0 aromatic heterocycles. The number of carbonyl (C=O) groups is 8. The van der Waals surface area contributed by atoms with E-state index >= 15 is 0 Å². The number of esters is 1. The highest BCUT2D eigenvalue weighted by Gasteiger charge is 2.47. The third-order valence-electron chi connectivity index (χ3n) is 12.6. The standard InChI is InChI=1S/C49H70ClN5O13S3/c1-28-13-12-14-38(66-11)49(64)27-36(68-47(63)52-49)30(3)22-29(2)34(25-41(58)54(9)33-23-32(21-28)24-35(65-10)43(33)50)67-45(61)31(4)53(8)40(57)16-19-69-70-20-17-51-39(56)15-18-55-42(59)26-37(44(55)60)71-46(62)48(5,6)7/h12-14,23-24,29-31,34,36-38,64H,15-22,25-27H2,1-11H3,(H,51,56)(H,52,63)/b14-12+,28-13+/t29-,30-,31-,34-,36-,37?,38+,49-/m0/s1. The van der Waals surface area contributed by atoms with E-state index < -0.39 is 82.4 Å². The van der Waals surface area contributed by atoms with Crippen LogP contribution in [-0.2, 0) is 54.2 Å². The third-order valence-corrected chi connectivity index (χ3v) is 16.9. The average molecular weight is 1070 g/mol. The summed E-state index contributed by atoms with van der Waals surface area (Å²) in [7, 11) is 8.84. The van der Waals surface area contributed by atoms with Gasteiger partial charge in [-0.1, -0.05) is 103 Å². The lowest BCUT2D eigenvalue weighted by molar-refractivity contribution is -0.162. The second kappa shape index (κ2) is 26.6. The first kappa shape index (κ1) is 59.3. The van der Waals surface area contributed by atoms with Gasteiger partial charge in [-0.05, 0) is 56.2 Å². The van der Waals surface area contributed by atoms with Gasteiger partial charge < -0.3 is 39.2 Å². The summed E-state index contributed by atoms with van der Waals surface area (Å²) in [5, 5.41) is 16.3. The monoisotopic (exact) mass is 1070 g/mol. The number of hydrogen-bond acceptors (Lipinski definition) is 16. The number of benzene rings is 1. The second-order valence-electron chi connectivity index (χ2n) is 19.3. The number of hydrogen-bond donors (Lipinski definition) is 3. The maximum absolute atomic E-state index is 14.2. The average Bonchev–Trinajstić information content (AvgIpc) is 3.57. The van der Waals surface area contributed by atoms with E-state index in [0.717, 1.165) is 27.8 Å². The number of likely N-dealkylation sites (tertiary alicyclic amines) is 1. The molecule has 3 aliphatic rings. The molecule has 3 aliphatic heterocycles. The van der Waals surface area contributed by atoms with Crippen LogP contribution < -0.4 is 20.3 Å². The van der Waals surface area contributed by atoms with Crippen molar-refractivity contribution in [1.29, 1.82) is 0 Å². The van der Waals surface area contributed by atoms with E-state index in [1.165, 1.54) is 52.7 Å². The Morgan fingerprint density at radius 1 is 1.04 bits per heavy atom. The second-order valence-corrected chi connectivity index (χ2v) is 23.5. The van der Waals surface area contributed by atoms with E-state index in [0.29, 0.717) is 42.3 Å². The predicted octanol–water partition coefficient (Wildman–Crippen LogP) is 6.09. The lowest BCUT2D eigenvalue weighted by atomic mass is 9.83. The van der Waals surface area contributed by atoms with Gasteiger partial charge in [0.25, 0.3) is 0 Å². The Morgan fingerprint density at radius 2 is 1.73 bits per heavy atom. The summed E-state index contributed by atoms with van der Waals surface area (Å²) in [6.07, 6.45) is 2.10. The number of thioether (sulfide) groups is 1. The summed E-state index contributed by atoms with van der Waals surface area (Å²) >= 11 is 7.66. The Balaban J connectivity index is 1.36. The van der Waals surface area contributed by atoms with Crippen molar-refractivity contribution < 1.29 is 62.4 Å². The van der Waals surface area contributed by atoms with Crippen LogP contribution in [0.4, 0.5) is 10.5 Å². The SMILES string of the molecule is COc1cc2cc(c1Cl)N(C)C(=O)C[C@H](OC(=O)[C@H](C)N(C)C(=O)CCSSCCNC(=O)CCN1C(=O)CC(SC(=O)C(C)(C)C)C1=O)[C@@H](C)C[C@H](C)[C@@H]1C[C@@](O)(NC(=O)O1)[C@H](OC)/C=C/C=C(\C)C2. The first-order valence-electron chi connectivity index (χ1n) is 23.5. The molecular weight excluding hydrogens is 998 g/mol. The van der Waals surface area contributed by atoms with Gasteiger partial charge in [0.1, 0.15) is 40.4 Å². The number of ether oxygens (including phenoxy) is 4. The van der Waals surface area contributed by atoms with Crippen molar-refractivity contribution in [2.45, 2.75) is 129 Å². The van der Waals surface area contributed by atoms with Crippen LogP contribution in [0.1, 0.15) is 92.6 Å². The van der Waals surface area contributed by atoms with Crippen molar-refractivity contribution in [1.82, 2.24) is 20.4 Å². The van der Waals surface area contributed by atoms with Crippen LogP contribution in [-0.4, -0.2) is 150 Å². The molecule has 71 heavy (non-hydrogen) atoms. The molecule has 22 heteroatoms. The van der Waals surface area contributed by atoms with Gasteiger partial charge in [0.2, 0.25) is 29.5 Å². The molecule has 1 unspecified atom stereocenters. The Morgan fingerprint density at radius 3 is 2.39 bits per heavy atom. The number of nitrogens with one attached hydrogen (secondary N) is 2. The van der Waals surface area contributed by atoms with E-state index in [4.69, 9.17) is 30.5 Å². The van der Waals surface area contributed by atoms with E-state index in [-0.39, 0.29) is 60.6 Å². The number of aliphatic hydroxyl groups is 1. The van der Waals surface area contributed by atoms with Crippen LogP contribution in [0.25, 0.3) is 0 Å². The molecule has 1 aromatic rings. The highest BCUT2D eigenvalue weighted by atomic mass is 35.5. The number of rotatable bonds is 16. The van der Waals surface area contributed by atoms with Gasteiger partial charge in [0, 0.05) is 76.9 Å². The number of halogens is 1. The summed E-state index contributed by atoms with van der Waals surface area (Å²) in [6.45, 7) is 12.6. The summed E-state index contributed by atoms with van der Waals surface area (Å²) in [5.74, 6) is -2.28. The van der Waals surface area contributed by atoms with Crippen molar-refractivity contribution in [3.8, 4) is 5.75 Å². The van der Waals surface area contributed by atoms with E-state index in [1.807, 2.05) is 26.8 Å². The Kier molecular flexibility index (Phi) is 22.2. The van der Waals surface area contributed by atoms with Gasteiger partial charge in [-0.15, -0.1) is 0 Å². The van der Waals surface area contributed by atoms with Gasteiger partial charge in [-0.25, -0.2) is 9.59 Å². The maximum Gasteiger partial charge on any atom is 0.409 e. The molecule has 18 nitrogen and oxygen atoms in total. The summed E-state index contributed by atoms with van der Waals surface area (Å²) in [4.78, 5) is 108. The molecule has 2 saturated heterocycles. The molecule has 8 atom stereocenters. The number of methoxy groups -OCH3 is 2. The number of fused-ring (bicyclic) bond motifs is 4. The molecule has 0 aliphatic carbocycles. The lowest BCUT2D eigenvalue weighted by Gasteiger charge is -2.42. The lowest BCUT2D eigenvalue weighted by Crippen LogP contribution is -2.63. The van der Waals surface area contributed by atoms with Gasteiger partial charge >= 0.3 is 12.1 Å². The number of carbonyl (C=O) groups excluding carboxylic acids is 8. The van der Waals surface area contributed by atoms with Crippen LogP contribution in [0.5, 0.6) is 5.75 Å². The van der Waals surface area contributed by atoms with Crippen LogP contribution in [0.15, 0.2) is 35.9 Å². The van der Waals surface area contributed by atoms with Gasteiger partial charge in [0.05, 0.1) is 19.2 Å². The zero-order valence-electron chi connectivity index (χ0n) is 42.5. The molecule has 1 aromatic carbocycles. The Labute approximate surface area is 434 Å². The van der Waals surface area contributed by atoms with Crippen LogP contribution in [0.2, 0.25) is 5.02 Å². The zero-order chi connectivity index (χ0) is 53.0. The molecule has 394 valence electrons. The van der Waals surface area contributed by atoms with Gasteiger partial charge in [0.15, 0.2) is 10.8 Å². The first-order valence-corrected chi connectivity index (χ1v) is 27.3. The summed E-state index contributed by atoms with van der Waals surface area (Å²) in [6, 6.07) is 2.54. The van der Waals surface area contributed by atoms with E-state index in [2.05, 4.69) is 10.6 Å². The quantitative estimate of drug-likeness (QED) is 0.0736. The zero-order valence-corrected chi connectivity index (χ0v) is 45.7. The minimum Gasteiger partial charge on any atom is -0.495 e. The molecule has 4 rings (SSSR count). The fraction of sp³-hybridized carbons (Fsp3) is 0.633. The fourth-order valence-electron chi connectivity index (χ4n) is 8.07. The smallest absolute Gasteiger partial charge is 0.409 e. The first-order chi connectivity index (χ1) is 33.3. The largest absolute Gasteiger partial charge is 0.495 e. The molecule has 3 N–H and O–H groups in total. The molecule has 4 bridgehead atoms. The van der Waals surface area contributed by atoms with Crippen LogP contribution in [0.3, 0.4) is 0 Å². The molecule has 0 saturated carbocycles. The molecular formula is C49H70ClN5O13S3. The van der Waals surface area contributed by atoms with Crippen molar-refractivity contribution in [2.75, 3.05) is 57.8 Å². The number of likely N-dealkylation sites (N-methyl/N-ethyl adjacent to an activating group) is 1. The van der Waals surface area contributed by atoms with Crippen LogP contribution in [0, 0.1) is 17.3 Å². The normalized spacial score (nSPS) is 26.1. The van der Waals surface area contributed by atoms with Crippen molar-refractivity contribution in [3.05, 3.63) is 46.5 Å². The highest BCUT2D eigenvalue weighted by molar-refractivity contribution is 8.76.